The molecule has 0 atom stereocenters. The Balaban J connectivity index is 0.000000460. The molecule has 12 aliphatic rings. The number of likely N-dealkylation sites (N-methyl/N-ethyl adjacent to an activating group) is 2. The Morgan fingerprint density at radius 2 is 0.780 bits per heavy atom. The number of piperazine rings is 5. The smallest absolute Gasteiger partial charge is 0.248 e. The average molecular weight is 1790 g/mol. The molecule has 1 spiro atoms. The molecule has 3 amide bonds. The van der Waals surface area contributed by atoms with Gasteiger partial charge in [-0.15, -0.1) is 0 Å². The van der Waals surface area contributed by atoms with Crippen LogP contribution in [0.1, 0.15) is 248 Å². The van der Waals surface area contributed by atoms with Crippen molar-refractivity contribution in [2.24, 2.45) is 5.41 Å². The summed E-state index contributed by atoms with van der Waals surface area (Å²) in [5.41, 5.74) is 3.26. The molecule has 30 heteroatoms. The van der Waals surface area contributed by atoms with Gasteiger partial charge >= 0.3 is 0 Å². The van der Waals surface area contributed by atoms with Crippen LogP contribution in [0.5, 0.6) is 0 Å². The number of piperidine rings is 1. The molecule has 3 N–H and O–H groups in total. The first kappa shape index (κ1) is 116. The summed E-state index contributed by atoms with van der Waals surface area (Å²) in [7, 11) is -1.65. The van der Waals surface area contributed by atoms with E-state index in [9.17, 15) is 35.6 Å². The van der Waals surface area contributed by atoms with Crippen molar-refractivity contribution in [3.05, 3.63) is 11.4 Å². The molecule has 12 heterocycles. The van der Waals surface area contributed by atoms with Crippen LogP contribution in [0.3, 0.4) is 0 Å². The van der Waals surface area contributed by atoms with Crippen LogP contribution >= 0.6 is 0 Å². The summed E-state index contributed by atoms with van der Waals surface area (Å²) in [5, 5.41) is 8.41. The predicted octanol–water partition coefficient (Wildman–Crippen LogP) is 9.78. The average Bonchev–Trinajstić information content (AvgIpc) is 0.745. The third-order valence-corrected chi connectivity index (χ3v) is 28.2. The molecule has 12 saturated heterocycles. The van der Waals surface area contributed by atoms with Crippen LogP contribution in [-0.2, 0) is 43.7 Å². The first-order chi connectivity index (χ1) is 55.7. The molecular weight excluding hydrogens is 1600 g/mol. The van der Waals surface area contributed by atoms with E-state index in [0.29, 0.717) is 116 Å². The second kappa shape index (κ2) is 49.0. The molecule has 0 radical (unpaired) electrons. The Hall–Kier alpha value is -2.91. The monoisotopic (exact) mass is 1790 g/mol. The van der Waals surface area contributed by atoms with E-state index in [1.54, 1.807) is 9.21 Å². The van der Waals surface area contributed by atoms with Gasteiger partial charge in [-0.05, 0) is 255 Å². The van der Waals surface area contributed by atoms with E-state index in [0.717, 1.165) is 105 Å². The largest absolute Gasteiger partial charge is 0.380 e. The number of nitrogens with zero attached hydrogens (tertiary/aromatic N) is 15. The van der Waals surface area contributed by atoms with Crippen LogP contribution in [0.25, 0.3) is 4.85 Å². The minimum absolute atomic E-state index is 0.0858. The zero-order valence-corrected chi connectivity index (χ0v) is 87.4. The van der Waals surface area contributed by atoms with Crippen molar-refractivity contribution < 1.29 is 45.1 Å². The standard InChI is InChI=1S/C10H19FN2O.C9H20N2O2S.C9H18N2O.C9H20N2.C9H17NO.C8H16N2O.C8H14N2.C8H18N2.C8H17NO2S.C8H17NO.C7H15N/c1-9(2,3)13-6-4-10(11,5-7-13)12-8-14;1-9(2,3)10-5-7-11(8-6-10)14(4,12)13;1-9(2,3)11-6-5-10(4)8(12)7-11;1-9(2,3)11-7-5-10(4)6-8-11;1-8(2,3)10-4-9(5-10)6-11-7-9;1-8(2,3)10-5-4-9-7(11)6-10;1-8(2,3)10-5-7(6-10)9-4;1-8(2,3)10-6-4-9-5-7-10;1-8(2,3)9-4-6-12(10,11)7-5-9;1-8(2,3)9-4-6-10-7-5-9;1-7(2,3)8-5-4-6-8/h8H,4-7H2,1-3H3,(H,12,14);5-8H2,1-4H3;5-7H2,1-4H3;5-8H2,1-4H3;4-7H2,1-3H3;4-6H2,1-3H3,(H,9,11);7H,5-6H2,1-3H3;9H,4-7H2,1-3H3;4-7H2,1-3H3;4-7H2,1-3H3;4-6H2,1-3H3. The van der Waals surface area contributed by atoms with Crippen molar-refractivity contribution in [3.63, 3.8) is 0 Å². The number of sulfone groups is 1. The van der Waals surface area contributed by atoms with Gasteiger partial charge in [0.2, 0.25) is 34.3 Å². The minimum atomic E-state index is -2.99. The SMILES string of the molecule is CC(C)(C)N1CC2(COC2)C1.CC(C)(C)N1CCC(F)(NC=O)CC1.CC(C)(C)N1CCC1.CC(C)(C)N1CCN(S(C)(=O)=O)CC1.CC(C)(C)N1CCNC(=O)C1.CC(C)(C)N1CCNCC1.CC(C)(C)N1CCOCC1.CC(C)(C)N1CCS(=O)(=O)CC1.CN1CCN(C(C)(C)C)CC1.CN1CCN(C(C)(C)C)CC1=O.[C-]#[N+]C1CN(C(C)(C)C)C1. The lowest BCUT2D eigenvalue weighted by molar-refractivity contribution is -0.207. The van der Waals surface area contributed by atoms with Crippen molar-refractivity contribution in [2.75, 3.05) is 255 Å². The number of rotatable bonds is 3. The van der Waals surface area contributed by atoms with Crippen LogP contribution in [0, 0.1) is 12.0 Å². The minimum Gasteiger partial charge on any atom is -0.380 e. The van der Waals surface area contributed by atoms with Gasteiger partial charge in [0.25, 0.3) is 0 Å². The highest BCUT2D eigenvalue weighted by Gasteiger charge is 2.52. The normalized spacial score (nSPS) is 23.6. The molecular formula is C93H191FN18O9S2. The topological polar surface area (TPSA) is 224 Å². The van der Waals surface area contributed by atoms with Crippen LogP contribution in [-0.4, -0.2) is 430 Å². The first-order valence-corrected chi connectivity index (χ1v) is 50.1. The number of hydrogen-bond acceptors (Lipinski definition) is 22. The van der Waals surface area contributed by atoms with Crippen molar-refractivity contribution in [1.82, 2.24) is 84.0 Å². The third kappa shape index (κ3) is 45.2. The summed E-state index contributed by atoms with van der Waals surface area (Å²) < 4.78 is 70.5. The maximum Gasteiger partial charge on any atom is 0.248 e. The molecule has 123 heavy (non-hydrogen) atoms. The number of halogens is 1. The molecule has 0 aliphatic carbocycles. The van der Waals surface area contributed by atoms with Gasteiger partial charge in [0.1, 0.15) is 0 Å². The van der Waals surface area contributed by atoms with Crippen molar-refractivity contribution in [3.8, 4) is 0 Å². The van der Waals surface area contributed by atoms with Gasteiger partial charge in [0.05, 0.1) is 70.4 Å². The van der Waals surface area contributed by atoms with E-state index >= 15 is 0 Å². The second-order valence-corrected chi connectivity index (χ2v) is 51.2. The van der Waals surface area contributed by atoms with Gasteiger partial charge < -0.3 is 40.1 Å². The molecule has 0 bridgehead atoms. The highest BCUT2D eigenvalue weighted by molar-refractivity contribution is 7.91. The lowest BCUT2D eigenvalue weighted by Gasteiger charge is -2.59. The zero-order valence-electron chi connectivity index (χ0n) is 85.8. The van der Waals surface area contributed by atoms with E-state index in [-0.39, 0.29) is 51.1 Å². The summed E-state index contributed by atoms with van der Waals surface area (Å²) in [5.74, 6) is -0.458. The molecule has 0 unspecified atom stereocenters. The van der Waals surface area contributed by atoms with Crippen LogP contribution in [0.2, 0.25) is 0 Å². The quantitative estimate of drug-likeness (QED) is 0.136. The number of carbonyl (C=O) groups is 3. The predicted molar refractivity (Wildman–Crippen MR) is 512 cm³/mol. The molecule has 0 saturated carbocycles. The van der Waals surface area contributed by atoms with Crippen molar-refractivity contribution in [2.45, 2.75) is 321 Å². The Bertz CT molecular complexity index is 3250. The van der Waals surface area contributed by atoms with Gasteiger partial charge in [-0.1, -0.05) is 0 Å². The summed E-state index contributed by atoms with van der Waals surface area (Å²) in [6.45, 7) is 112. The molecule has 726 valence electrons. The number of sulfonamides is 1. The van der Waals surface area contributed by atoms with Crippen molar-refractivity contribution in [1.29, 1.82) is 0 Å². The number of hydrogen-bond donors (Lipinski definition) is 3. The van der Waals surface area contributed by atoms with Crippen LogP contribution in [0.15, 0.2) is 0 Å². The highest BCUT2D eigenvalue weighted by atomic mass is 32.2. The Labute approximate surface area is 754 Å². The Morgan fingerprint density at radius 1 is 0.439 bits per heavy atom. The number of ether oxygens (including phenoxy) is 2. The number of nitrogens with one attached hydrogen (secondary N) is 3. The van der Waals surface area contributed by atoms with Gasteiger partial charge in [0, 0.05) is 243 Å². The van der Waals surface area contributed by atoms with Gasteiger partial charge in [-0.2, -0.15) is 4.31 Å². The molecule has 0 aromatic carbocycles. The third-order valence-electron chi connectivity index (χ3n) is 25.3. The van der Waals surface area contributed by atoms with E-state index < -0.39 is 25.7 Å². The van der Waals surface area contributed by atoms with Gasteiger partial charge in [-0.3, -0.25) is 68.3 Å². The summed E-state index contributed by atoms with van der Waals surface area (Å²) in [4.78, 5) is 66.2. The fourth-order valence-corrected chi connectivity index (χ4v) is 17.4. The van der Waals surface area contributed by atoms with Crippen LogP contribution < -0.4 is 16.0 Å². The zero-order chi connectivity index (χ0) is 94.8. The van der Waals surface area contributed by atoms with E-state index in [1.807, 2.05) is 7.05 Å². The maximum absolute atomic E-state index is 13.8. The van der Waals surface area contributed by atoms with Gasteiger partial charge in [0.15, 0.2) is 15.6 Å². The Morgan fingerprint density at radius 3 is 1.08 bits per heavy atom. The summed E-state index contributed by atoms with van der Waals surface area (Å²) in [6.07, 6.45) is 3.88. The molecule has 12 aliphatic heterocycles. The molecule has 12 rings (SSSR count). The number of amides is 3. The molecule has 0 aromatic heterocycles. The lowest BCUT2D eigenvalue weighted by atomic mass is 9.75. The maximum atomic E-state index is 13.8. The highest BCUT2D eigenvalue weighted by Crippen LogP contribution is 2.41. The van der Waals surface area contributed by atoms with Gasteiger partial charge in [-0.25, -0.2) is 27.8 Å². The number of morpholine rings is 1. The van der Waals surface area contributed by atoms with Crippen molar-refractivity contribution >= 4 is 38.1 Å². The van der Waals surface area contributed by atoms with Crippen LogP contribution in [0.4, 0.5) is 4.39 Å². The first-order valence-electron chi connectivity index (χ1n) is 46.4. The Kier molecular flexibility index (Phi) is 46.3. The number of alkyl halides is 1. The van der Waals surface area contributed by atoms with E-state index in [4.69, 9.17) is 16.0 Å². The van der Waals surface area contributed by atoms with E-state index in [1.165, 1.54) is 78.1 Å². The lowest BCUT2D eigenvalue weighted by Crippen LogP contribution is -2.69. The fraction of sp³-hybridized carbons (Fsp3) is 0.957. The summed E-state index contributed by atoms with van der Waals surface area (Å²) >= 11 is 0. The molecule has 12 fully saturated rings. The summed E-state index contributed by atoms with van der Waals surface area (Å²) in [6, 6.07) is 0.277. The molecule has 27 nitrogen and oxygen atoms in total. The number of likely N-dealkylation sites (tertiary alicyclic amines) is 4. The molecule has 0 aromatic rings. The number of carbonyl (C=O) groups excluding carboxylic acids is 3. The second-order valence-electron chi connectivity index (χ2n) is 46.9. The fourth-order valence-electron chi connectivity index (χ4n) is 15.3. The van der Waals surface area contributed by atoms with E-state index in [2.05, 4.69) is 315 Å².